The van der Waals surface area contributed by atoms with E-state index in [1.54, 1.807) is 18.9 Å². The van der Waals surface area contributed by atoms with Crippen molar-refractivity contribution in [1.29, 1.82) is 0 Å². The van der Waals surface area contributed by atoms with Gasteiger partial charge in [0.1, 0.15) is 5.75 Å². The second-order valence-electron chi connectivity index (χ2n) is 5.14. The zero-order chi connectivity index (χ0) is 15.4. The van der Waals surface area contributed by atoms with Crippen LogP contribution in [-0.4, -0.2) is 24.3 Å². The van der Waals surface area contributed by atoms with Gasteiger partial charge >= 0.3 is 0 Å². The summed E-state index contributed by atoms with van der Waals surface area (Å²) in [7, 11) is 1.67. The highest BCUT2D eigenvalue weighted by atomic mass is 32.2. The highest BCUT2D eigenvalue weighted by molar-refractivity contribution is 8.02. The fourth-order valence-electron chi connectivity index (χ4n) is 2.66. The number of allylic oxidation sites excluding steroid dienone is 3. The first-order valence-corrected chi connectivity index (χ1v) is 8.11. The smallest absolute Gasteiger partial charge is 0.118 e. The van der Waals surface area contributed by atoms with Crippen molar-refractivity contribution in [3.63, 3.8) is 0 Å². The van der Waals surface area contributed by atoms with Gasteiger partial charge in [-0.05, 0) is 59.3 Å². The molecule has 0 radical (unpaired) electrons. The lowest BCUT2D eigenvalue weighted by Crippen LogP contribution is -2.19. The number of hydrogen-bond acceptors (Lipinski definition) is 4. The van der Waals surface area contributed by atoms with Crippen LogP contribution in [0, 0.1) is 0 Å². The van der Waals surface area contributed by atoms with E-state index in [1.165, 1.54) is 16.0 Å². The predicted molar refractivity (Wildman–Crippen MR) is 89.5 cm³/mol. The average Bonchev–Trinajstić information content (AvgIpc) is 2.54. The van der Waals surface area contributed by atoms with Crippen LogP contribution in [0.3, 0.4) is 0 Å². The van der Waals surface area contributed by atoms with Gasteiger partial charge in [0.25, 0.3) is 0 Å². The molecule has 4 heteroatoms. The van der Waals surface area contributed by atoms with Crippen LogP contribution in [-0.2, 0) is 0 Å². The van der Waals surface area contributed by atoms with Crippen molar-refractivity contribution in [3.05, 3.63) is 52.5 Å². The Morgan fingerprint density at radius 1 is 1.33 bits per heavy atom. The Morgan fingerprint density at radius 3 is 2.52 bits per heavy atom. The van der Waals surface area contributed by atoms with Crippen molar-refractivity contribution < 1.29 is 9.94 Å². The van der Waals surface area contributed by atoms with Gasteiger partial charge < -0.3 is 9.94 Å². The topological polar surface area (TPSA) is 41.8 Å². The molecular weight excluding hydrogens is 282 g/mol. The third kappa shape index (κ3) is 3.32. The first kappa shape index (κ1) is 15.7. The van der Waals surface area contributed by atoms with Crippen molar-refractivity contribution in [2.45, 2.75) is 25.7 Å². The number of nitrogens with zero attached hydrogens (tertiary/aromatic N) is 1. The standard InChI is InChI=1S/C17H21NO2S/c1-11-16(12(2)21-4)9-14(10-17(11)18-19)13-5-7-15(20-3)8-6-13/h5-8,14,19H,1,9-10H2,2-4H3/b16-12-,18-17+. The first-order chi connectivity index (χ1) is 10.1. The molecule has 112 valence electrons. The summed E-state index contributed by atoms with van der Waals surface area (Å²) in [6.07, 6.45) is 3.70. The molecule has 0 aromatic heterocycles. The third-order valence-electron chi connectivity index (χ3n) is 4.04. The molecule has 0 saturated heterocycles. The zero-order valence-corrected chi connectivity index (χ0v) is 13.5. The summed E-state index contributed by atoms with van der Waals surface area (Å²) in [5.41, 5.74) is 3.98. The molecule has 1 unspecified atom stereocenters. The van der Waals surface area contributed by atoms with Crippen LogP contribution in [0.2, 0.25) is 0 Å². The van der Waals surface area contributed by atoms with Gasteiger partial charge in [-0.2, -0.15) is 0 Å². The first-order valence-electron chi connectivity index (χ1n) is 6.89. The van der Waals surface area contributed by atoms with E-state index in [9.17, 15) is 5.21 Å². The number of ether oxygens (including phenoxy) is 1. The van der Waals surface area contributed by atoms with Crippen molar-refractivity contribution >= 4 is 17.5 Å². The van der Waals surface area contributed by atoms with E-state index in [4.69, 9.17) is 4.74 Å². The van der Waals surface area contributed by atoms with Crippen molar-refractivity contribution in [3.8, 4) is 5.75 Å². The minimum absolute atomic E-state index is 0.310. The van der Waals surface area contributed by atoms with E-state index in [1.807, 2.05) is 12.1 Å². The van der Waals surface area contributed by atoms with Crippen molar-refractivity contribution in [2.24, 2.45) is 5.16 Å². The van der Waals surface area contributed by atoms with Crippen LogP contribution in [0.1, 0.15) is 31.2 Å². The Balaban J connectivity index is 2.34. The number of methoxy groups -OCH3 is 1. The second kappa shape index (κ2) is 6.85. The van der Waals surface area contributed by atoms with Crippen LogP contribution in [0.5, 0.6) is 5.75 Å². The lowest BCUT2D eigenvalue weighted by molar-refractivity contribution is 0.316. The maximum Gasteiger partial charge on any atom is 0.118 e. The van der Waals surface area contributed by atoms with Crippen LogP contribution >= 0.6 is 11.8 Å². The van der Waals surface area contributed by atoms with Crippen LogP contribution in [0.25, 0.3) is 0 Å². The molecule has 0 bridgehead atoms. The van der Waals surface area contributed by atoms with Gasteiger partial charge in [-0.3, -0.25) is 0 Å². The molecule has 1 saturated carbocycles. The van der Waals surface area contributed by atoms with E-state index in [0.717, 1.165) is 17.7 Å². The minimum Gasteiger partial charge on any atom is -0.497 e. The summed E-state index contributed by atoms with van der Waals surface area (Å²) in [5, 5.41) is 12.7. The van der Waals surface area contributed by atoms with Gasteiger partial charge in [-0.1, -0.05) is 23.9 Å². The van der Waals surface area contributed by atoms with Crippen LogP contribution in [0.4, 0.5) is 0 Å². The molecule has 0 heterocycles. The average molecular weight is 303 g/mol. The van der Waals surface area contributed by atoms with Crippen molar-refractivity contribution in [2.75, 3.05) is 13.4 Å². The summed E-state index contributed by atoms with van der Waals surface area (Å²) >= 11 is 1.71. The molecule has 21 heavy (non-hydrogen) atoms. The summed E-state index contributed by atoms with van der Waals surface area (Å²) in [4.78, 5) is 1.24. The predicted octanol–water partition coefficient (Wildman–Crippen LogP) is 4.60. The van der Waals surface area contributed by atoms with Crippen molar-refractivity contribution in [1.82, 2.24) is 0 Å². The largest absolute Gasteiger partial charge is 0.497 e. The molecule has 0 aliphatic heterocycles. The third-order valence-corrected chi connectivity index (χ3v) is 4.90. The monoisotopic (exact) mass is 303 g/mol. The molecule has 3 nitrogen and oxygen atoms in total. The minimum atomic E-state index is 0.310. The summed E-state index contributed by atoms with van der Waals surface area (Å²) in [6, 6.07) is 8.11. The molecule has 1 atom stereocenters. The molecule has 1 fully saturated rings. The molecule has 1 aliphatic rings. The lowest BCUT2D eigenvalue weighted by Gasteiger charge is -2.28. The van der Waals surface area contributed by atoms with Gasteiger partial charge in [0.2, 0.25) is 0 Å². The Kier molecular flexibility index (Phi) is 5.12. The SMILES string of the molecule is C=C1/C(=C(/C)SC)CC(c2ccc(OC)cc2)C/C1=N\O. The van der Waals surface area contributed by atoms with E-state index < -0.39 is 0 Å². The maximum absolute atomic E-state index is 9.26. The Bertz CT molecular complexity index is 587. The van der Waals surface area contributed by atoms with E-state index in [0.29, 0.717) is 18.1 Å². The highest BCUT2D eigenvalue weighted by Crippen LogP contribution is 2.40. The van der Waals surface area contributed by atoms with E-state index in [2.05, 4.69) is 37.0 Å². The van der Waals surface area contributed by atoms with Gasteiger partial charge in [-0.25, -0.2) is 0 Å². The number of hydrogen-bond donors (Lipinski definition) is 1. The van der Waals surface area contributed by atoms with Crippen LogP contribution in [0.15, 0.2) is 52.1 Å². The van der Waals surface area contributed by atoms with Gasteiger partial charge in [0, 0.05) is 6.42 Å². The Labute approximate surface area is 130 Å². The number of oxime groups is 1. The number of benzene rings is 1. The maximum atomic E-state index is 9.26. The normalized spacial score (nSPS) is 23.3. The molecule has 1 aliphatic carbocycles. The molecule has 2 rings (SSSR count). The van der Waals surface area contributed by atoms with Crippen LogP contribution < -0.4 is 4.74 Å². The van der Waals surface area contributed by atoms with E-state index in [-0.39, 0.29) is 0 Å². The Morgan fingerprint density at radius 2 is 2.00 bits per heavy atom. The summed E-state index contributed by atoms with van der Waals surface area (Å²) in [6.45, 7) is 6.18. The van der Waals surface area contributed by atoms with Gasteiger partial charge in [0.05, 0.1) is 12.8 Å². The molecular formula is C17H21NO2S. The van der Waals surface area contributed by atoms with E-state index >= 15 is 0 Å². The molecule has 1 aromatic carbocycles. The highest BCUT2D eigenvalue weighted by Gasteiger charge is 2.27. The quantitative estimate of drug-likeness (QED) is 0.655. The second-order valence-corrected chi connectivity index (χ2v) is 6.16. The lowest BCUT2D eigenvalue weighted by atomic mass is 9.77. The number of thioether (sulfide) groups is 1. The number of rotatable bonds is 3. The molecule has 0 amide bonds. The van der Waals surface area contributed by atoms with Gasteiger partial charge in [-0.15, -0.1) is 11.8 Å². The fourth-order valence-corrected chi connectivity index (χ4v) is 3.12. The van der Waals surface area contributed by atoms with Gasteiger partial charge in [0.15, 0.2) is 0 Å². The Hall–Kier alpha value is -1.68. The summed E-state index contributed by atoms with van der Waals surface area (Å²) in [5.74, 6) is 1.16. The fraction of sp³-hybridized carbons (Fsp3) is 0.353. The molecule has 0 spiro atoms. The molecule has 1 aromatic rings. The molecule has 1 N–H and O–H groups in total. The zero-order valence-electron chi connectivity index (χ0n) is 12.7. The summed E-state index contributed by atoms with van der Waals surface area (Å²) < 4.78 is 5.20.